The van der Waals surface area contributed by atoms with Gasteiger partial charge >= 0.3 is 0 Å². The molecule has 1 heterocycles. The second kappa shape index (κ2) is 2.89. The number of anilines is 1. The molecule has 2 N–H and O–H groups in total. The van der Waals surface area contributed by atoms with E-state index < -0.39 is 11.8 Å². The van der Waals surface area contributed by atoms with E-state index in [9.17, 15) is 5.11 Å². The molecule has 0 saturated heterocycles. The molecule has 1 aliphatic rings. The van der Waals surface area contributed by atoms with Gasteiger partial charge in [0.25, 0.3) is 0 Å². The smallest absolute Gasteiger partial charge is 0.164 e. The standard InChI is InChI=1S/C11H15NO2/c1-7-4-5-8-9(6-7)14-11(2,3)10(13)12-8/h4-6,10,12-13H,1-3H3. The molecule has 3 heteroatoms. The van der Waals surface area contributed by atoms with Crippen molar-refractivity contribution >= 4 is 5.69 Å². The second-order valence-corrected chi connectivity index (χ2v) is 4.25. The van der Waals surface area contributed by atoms with Crippen LogP contribution in [0.2, 0.25) is 0 Å². The fourth-order valence-electron chi connectivity index (χ4n) is 1.49. The Morgan fingerprint density at radius 1 is 1.43 bits per heavy atom. The highest BCUT2D eigenvalue weighted by Gasteiger charge is 2.35. The van der Waals surface area contributed by atoms with E-state index in [1.807, 2.05) is 39.0 Å². The third-order valence-electron chi connectivity index (χ3n) is 2.46. The van der Waals surface area contributed by atoms with Crippen LogP contribution in [0.4, 0.5) is 5.69 Å². The third-order valence-corrected chi connectivity index (χ3v) is 2.46. The van der Waals surface area contributed by atoms with E-state index in [1.165, 1.54) is 0 Å². The van der Waals surface area contributed by atoms with Gasteiger partial charge in [0.05, 0.1) is 5.69 Å². The average Bonchev–Trinajstić information content (AvgIpc) is 2.07. The maximum Gasteiger partial charge on any atom is 0.164 e. The summed E-state index contributed by atoms with van der Waals surface area (Å²) >= 11 is 0. The second-order valence-electron chi connectivity index (χ2n) is 4.25. The number of fused-ring (bicyclic) bond motifs is 1. The number of nitrogens with one attached hydrogen (secondary N) is 1. The third kappa shape index (κ3) is 1.44. The molecular weight excluding hydrogens is 178 g/mol. The molecule has 0 aromatic heterocycles. The van der Waals surface area contributed by atoms with Gasteiger partial charge in [-0.1, -0.05) is 6.07 Å². The Balaban J connectivity index is 2.41. The topological polar surface area (TPSA) is 41.5 Å². The van der Waals surface area contributed by atoms with Crippen molar-refractivity contribution in [2.75, 3.05) is 5.32 Å². The first-order chi connectivity index (χ1) is 6.49. The zero-order chi connectivity index (χ0) is 10.3. The Kier molecular flexibility index (Phi) is 1.93. The van der Waals surface area contributed by atoms with Gasteiger partial charge in [-0.3, -0.25) is 0 Å². The first-order valence-electron chi connectivity index (χ1n) is 4.73. The summed E-state index contributed by atoms with van der Waals surface area (Å²) in [6.07, 6.45) is -0.669. The summed E-state index contributed by atoms with van der Waals surface area (Å²) < 4.78 is 5.70. The number of aliphatic hydroxyl groups is 1. The molecule has 2 rings (SSSR count). The molecule has 1 unspecified atom stereocenters. The van der Waals surface area contributed by atoms with Crippen LogP contribution < -0.4 is 10.1 Å². The minimum absolute atomic E-state index is 0.583. The van der Waals surface area contributed by atoms with E-state index in [0.717, 1.165) is 17.0 Å². The van der Waals surface area contributed by atoms with Crippen LogP contribution in [-0.2, 0) is 0 Å². The zero-order valence-electron chi connectivity index (χ0n) is 8.66. The predicted molar refractivity (Wildman–Crippen MR) is 55.5 cm³/mol. The normalized spacial score (nSPS) is 23.3. The Hall–Kier alpha value is -1.22. The van der Waals surface area contributed by atoms with Gasteiger partial charge in [-0.2, -0.15) is 0 Å². The molecule has 3 nitrogen and oxygen atoms in total. The van der Waals surface area contributed by atoms with Crippen molar-refractivity contribution in [2.24, 2.45) is 0 Å². The van der Waals surface area contributed by atoms with Gasteiger partial charge in [-0.15, -0.1) is 0 Å². The predicted octanol–water partition coefficient (Wildman–Crippen LogP) is 1.90. The number of benzene rings is 1. The molecule has 0 saturated carbocycles. The molecule has 1 aromatic rings. The largest absolute Gasteiger partial charge is 0.481 e. The Labute approximate surface area is 83.7 Å². The molecule has 1 aliphatic heterocycles. The van der Waals surface area contributed by atoms with E-state index in [1.54, 1.807) is 0 Å². The van der Waals surface area contributed by atoms with Crippen molar-refractivity contribution < 1.29 is 9.84 Å². The highest BCUT2D eigenvalue weighted by atomic mass is 16.5. The molecule has 0 fully saturated rings. The summed E-state index contributed by atoms with van der Waals surface area (Å²) in [4.78, 5) is 0. The van der Waals surface area contributed by atoms with Crippen LogP contribution in [0.1, 0.15) is 19.4 Å². The molecule has 0 radical (unpaired) electrons. The van der Waals surface area contributed by atoms with Crippen molar-refractivity contribution in [3.05, 3.63) is 23.8 Å². The van der Waals surface area contributed by atoms with Gasteiger partial charge in [0.2, 0.25) is 0 Å². The molecule has 0 aliphatic carbocycles. The van der Waals surface area contributed by atoms with E-state index in [2.05, 4.69) is 5.32 Å². The lowest BCUT2D eigenvalue weighted by molar-refractivity contribution is -0.0210. The summed E-state index contributed by atoms with van der Waals surface area (Å²) in [5.41, 5.74) is 1.42. The first-order valence-corrected chi connectivity index (χ1v) is 4.73. The van der Waals surface area contributed by atoms with Gasteiger partial charge in [-0.25, -0.2) is 0 Å². The lowest BCUT2D eigenvalue weighted by Crippen LogP contribution is -2.49. The maximum absolute atomic E-state index is 9.72. The number of hydrogen-bond acceptors (Lipinski definition) is 3. The zero-order valence-corrected chi connectivity index (χ0v) is 8.66. The number of ether oxygens (including phenoxy) is 1. The van der Waals surface area contributed by atoms with Gasteiger partial charge in [0, 0.05) is 0 Å². The fraction of sp³-hybridized carbons (Fsp3) is 0.455. The van der Waals surface area contributed by atoms with Crippen LogP contribution in [0.15, 0.2) is 18.2 Å². The molecule has 0 spiro atoms. The lowest BCUT2D eigenvalue weighted by atomic mass is 10.0. The van der Waals surface area contributed by atoms with E-state index in [-0.39, 0.29) is 0 Å². The van der Waals surface area contributed by atoms with Gasteiger partial charge < -0.3 is 15.2 Å². The van der Waals surface area contributed by atoms with Crippen LogP contribution in [-0.4, -0.2) is 16.9 Å². The van der Waals surface area contributed by atoms with Crippen molar-refractivity contribution in [3.63, 3.8) is 0 Å². The fourth-order valence-corrected chi connectivity index (χ4v) is 1.49. The number of hydrogen-bond donors (Lipinski definition) is 2. The highest BCUT2D eigenvalue weighted by molar-refractivity contribution is 5.60. The van der Waals surface area contributed by atoms with Crippen LogP contribution in [0, 0.1) is 6.92 Å². The van der Waals surface area contributed by atoms with Gasteiger partial charge in [-0.05, 0) is 38.5 Å². The molecule has 1 aromatic carbocycles. The number of rotatable bonds is 0. The molecule has 0 amide bonds. The summed E-state index contributed by atoms with van der Waals surface area (Å²) in [6, 6.07) is 5.87. The molecule has 0 bridgehead atoms. The van der Waals surface area contributed by atoms with Crippen molar-refractivity contribution in [1.29, 1.82) is 0 Å². The van der Waals surface area contributed by atoms with Gasteiger partial charge in [0.15, 0.2) is 6.23 Å². The van der Waals surface area contributed by atoms with E-state index >= 15 is 0 Å². The van der Waals surface area contributed by atoms with Gasteiger partial charge in [0.1, 0.15) is 11.4 Å². The summed E-state index contributed by atoms with van der Waals surface area (Å²) in [6.45, 7) is 5.73. The van der Waals surface area contributed by atoms with E-state index in [4.69, 9.17) is 4.74 Å². The molecule has 14 heavy (non-hydrogen) atoms. The Bertz CT molecular complexity index is 360. The van der Waals surface area contributed by atoms with Crippen LogP contribution in [0.5, 0.6) is 5.75 Å². The van der Waals surface area contributed by atoms with Crippen molar-refractivity contribution in [2.45, 2.75) is 32.6 Å². The van der Waals surface area contributed by atoms with Crippen LogP contribution in [0.3, 0.4) is 0 Å². The summed E-state index contributed by atoms with van der Waals surface area (Å²) in [7, 11) is 0. The summed E-state index contributed by atoms with van der Waals surface area (Å²) in [5, 5.41) is 12.7. The minimum atomic E-state index is -0.669. The molecular formula is C11H15NO2. The van der Waals surface area contributed by atoms with Crippen molar-refractivity contribution in [1.82, 2.24) is 0 Å². The summed E-state index contributed by atoms with van der Waals surface area (Å²) in [5.74, 6) is 0.806. The quantitative estimate of drug-likeness (QED) is 0.661. The average molecular weight is 193 g/mol. The number of aliphatic hydroxyl groups excluding tert-OH is 1. The Morgan fingerprint density at radius 2 is 2.14 bits per heavy atom. The number of aryl methyl sites for hydroxylation is 1. The van der Waals surface area contributed by atoms with E-state index in [0.29, 0.717) is 0 Å². The molecule has 1 atom stereocenters. The highest BCUT2D eigenvalue weighted by Crippen LogP contribution is 2.35. The molecule has 76 valence electrons. The first kappa shape index (κ1) is 9.34. The monoisotopic (exact) mass is 193 g/mol. The van der Waals surface area contributed by atoms with Crippen molar-refractivity contribution in [3.8, 4) is 5.75 Å². The maximum atomic E-state index is 9.72. The van der Waals surface area contributed by atoms with Crippen LogP contribution >= 0.6 is 0 Å². The Morgan fingerprint density at radius 3 is 2.86 bits per heavy atom. The SMILES string of the molecule is Cc1ccc2c(c1)OC(C)(C)C(O)N2. The minimum Gasteiger partial charge on any atom is -0.481 e. The van der Waals surface area contributed by atoms with Crippen LogP contribution in [0.25, 0.3) is 0 Å². The lowest BCUT2D eigenvalue weighted by Gasteiger charge is -2.38.